The molecule has 10 nitrogen and oxygen atoms in total. The fraction of sp³-hybridized carbons (Fsp3) is 0.240. The SMILES string of the molecule is CCn1c(COc2cccc(OC)c2)nnc1SCC(=O)Nc1nc(CC(=O)Nc2ccccc2)cs1. The van der Waals surface area contributed by atoms with E-state index in [0.717, 1.165) is 5.69 Å². The minimum Gasteiger partial charge on any atom is -0.497 e. The van der Waals surface area contributed by atoms with E-state index in [9.17, 15) is 9.59 Å². The van der Waals surface area contributed by atoms with Crippen molar-refractivity contribution in [1.82, 2.24) is 19.7 Å². The van der Waals surface area contributed by atoms with Crippen molar-refractivity contribution in [2.24, 2.45) is 0 Å². The number of aromatic nitrogens is 4. The number of hydrogen-bond donors (Lipinski definition) is 2. The van der Waals surface area contributed by atoms with E-state index in [1.54, 1.807) is 18.6 Å². The van der Waals surface area contributed by atoms with Gasteiger partial charge in [-0.3, -0.25) is 9.59 Å². The standard InChI is InChI=1S/C25H26N6O4S2/c1-3-31-21(14-35-20-11-7-10-19(13-20)34-2)29-30-25(31)37-16-23(33)28-24-27-18(15-36-24)12-22(32)26-17-8-5-4-6-9-17/h4-11,13,15H,3,12,14,16H2,1-2H3,(H,26,32)(H,27,28,33). The molecule has 37 heavy (non-hydrogen) atoms. The smallest absolute Gasteiger partial charge is 0.236 e. The topological polar surface area (TPSA) is 120 Å². The van der Waals surface area contributed by atoms with Crippen molar-refractivity contribution in [1.29, 1.82) is 0 Å². The van der Waals surface area contributed by atoms with Crippen LogP contribution in [0.15, 0.2) is 65.1 Å². The second-order valence-corrected chi connectivity index (χ2v) is 9.48. The van der Waals surface area contributed by atoms with E-state index in [1.165, 1.54) is 23.1 Å². The summed E-state index contributed by atoms with van der Waals surface area (Å²) in [6.07, 6.45) is 0.121. The van der Waals surface area contributed by atoms with Crippen LogP contribution in [0.25, 0.3) is 0 Å². The molecule has 4 rings (SSSR count). The Bertz CT molecular complexity index is 1340. The number of benzene rings is 2. The molecule has 2 heterocycles. The van der Waals surface area contributed by atoms with Crippen LogP contribution >= 0.6 is 23.1 Å². The zero-order valence-corrected chi connectivity index (χ0v) is 22.0. The monoisotopic (exact) mass is 538 g/mol. The average Bonchev–Trinajstić information content (AvgIpc) is 3.52. The van der Waals surface area contributed by atoms with Gasteiger partial charge in [0.2, 0.25) is 11.8 Å². The van der Waals surface area contributed by atoms with Crippen LogP contribution in [0.3, 0.4) is 0 Å². The molecule has 0 aliphatic rings. The maximum atomic E-state index is 12.5. The molecule has 0 bridgehead atoms. The van der Waals surface area contributed by atoms with Crippen LogP contribution in [-0.2, 0) is 29.2 Å². The van der Waals surface area contributed by atoms with Crippen LogP contribution in [-0.4, -0.2) is 44.4 Å². The van der Waals surface area contributed by atoms with Crippen molar-refractivity contribution in [3.05, 3.63) is 71.5 Å². The number of anilines is 2. The average molecular weight is 539 g/mol. The Balaban J connectivity index is 1.26. The lowest BCUT2D eigenvalue weighted by Gasteiger charge is -2.09. The summed E-state index contributed by atoms with van der Waals surface area (Å²) >= 11 is 2.56. The van der Waals surface area contributed by atoms with E-state index >= 15 is 0 Å². The first kappa shape index (κ1) is 26.2. The molecule has 2 aromatic carbocycles. The number of thioether (sulfide) groups is 1. The van der Waals surface area contributed by atoms with Gasteiger partial charge < -0.3 is 24.7 Å². The van der Waals surface area contributed by atoms with E-state index in [4.69, 9.17) is 9.47 Å². The minimum atomic E-state index is -0.223. The van der Waals surface area contributed by atoms with Crippen LogP contribution in [0.2, 0.25) is 0 Å². The van der Waals surface area contributed by atoms with Gasteiger partial charge in [0.25, 0.3) is 0 Å². The first-order valence-electron chi connectivity index (χ1n) is 11.4. The summed E-state index contributed by atoms with van der Waals surface area (Å²) in [5, 5.41) is 16.9. The highest BCUT2D eigenvalue weighted by Gasteiger charge is 2.15. The fourth-order valence-corrected chi connectivity index (χ4v) is 4.86. The first-order valence-corrected chi connectivity index (χ1v) is 13.3. The number of carbonyl (C=O) groups is 2. The second kappa shape index (κ2) is 12.9. The Hall–Kier alpha value is -3.90. The van der Waals surface area contributed by atoms with Crippen molar-refractivity contribution < 1.29 is 19.1 Å². The summed E-state index contributed by atoms with van der Waals surface area (Å²) in [5.41, 5.74) is 1.32. The molecular weight excluding hydrogens is 512 g/mol. The molecule has 2 N–H and O–H groups in total. The van der Waals surface area contributed by atoms with Crippen molar-refractivity contribution in [3.63, 3.8) is 0 Å². The van der Waals surface area contributed by atoms with Gasteiger partial charge in [0.15, 0.2) is 16.1 Å². The molecule has 0 aliphatic carbocycles. The van der Waals surface area contributed by atoms with Gasteiger partial charge in [0.1, 0.15) is 18.1 Å². The van der Waals surface area contributed by atoms with E-state index in [0.29, 0.717) is 39.9 Å². The summed E-state index contributed by atoms with van der Waals surface area (Å²) in [7, 11) is 1.60. The Morgan fingerprint density at radius 2 is 1.84 bits per heavy atom. The van der Waals surface area contributed by atoms with Gasteiger partial charge in [0.05, 0.1) is 25.0 Å². The molecule has 0 saturated heterocycles. The summed E-state index contributed by atoms with van der Waals surface area (Å²) in [6, 6.07) is 16.6. The van der Waals surface area contributed by atoms with Crippen molar-refractivity contribution >= 4 is 45.7 Å². The van der Waals surface area contributed by atoms with Gasteiger partial charge in [-0.2, -0.15) is 0 Å². The van der Waals surface area contributed by atoms with Gasteiger partial charge in [-0.1, -0.05) is 36.0 Å². The molecule has 0 saturated carbocycles. The molecule has 192 valence electrons. The summed E-state index contributed by atoms with van der Waals surface area (Å²) in [4.78, 5) is 29.1. The molecule has 0 spiro atoms. The Labute approximate surface area is 222 Å². The lowest BCUT2D eigenvalue weighted by Crippen LogP contribution is -2.16. The van der Waals surface area contributed by atoms with Crippen molar-refractivity contribution in [2.75, 3.05) is 23.5 Å². The number of thiazole rings is 1. The van der Waals surface area contributed by atoms with Gasteiger partial charge in [-0.15, -0.1) is 21.5 Å². The first-order chi connectivity index (χ1) is 18.0. The van der Waals surface area contributed by atoms with E-state index in [2.05, 4.69) is 25.8 Å². The van der Waals surface area contributed by atoms with Crippen LogP contribution < -0.4 is 20.1 Å². The quantitative estimate of drug-likeness (QED) is 0.257. The van der Waals surface area contributed by atoms with Crippen LogP contribution in [0.5, 0.6) is 11.5 Å². The van der Waals surface area contributed by atoms with E-state index in [1.807, 2.05) is 60.0 Å². The third-order valence-corrected chi connectivity index (χ3v) is 6.82. The van der Waals surface area contributed by atoms with Crippen LogP contribution in [0, 0.1) is 0 Å². The maximum absolute atomic E-state index is 12.5. The van der Waals surface area contributed by atoms with Gasteiger partial charge in [-0.05, 0) is 31.2 Å². The summed E-state index contributed by atoms with van der Waals surface area (Å²) < 4.78 is 13.0. The van der Waals surface area contributed by atoms with Gasteiger partial charge >= 0.3 is 0 Å². The van der Waals surface area contributed by atoms with Crippen LogP contribution in [0.4, 0.5) is 10.8 Å². The fourth-order valence-electron chi connectivity index (χ4n) is 3.31. The Kier molecular flexibility index (Phi) is 9.11. The highest BCUT2D eigenvalue weighted by Crippen LogP contribution is 2.22. The Morgan fingerprint density at radius 3 is 2.62 bits per heavy atom. The maximum Gasteiger partial charge on any atom is 0.236 e. The normalized spacial score (nSPS) is 10.6. The number of ether oxygens (including phenoxy) is 2. The van der Waals surface area contributed by atoms with E-state index in [-0.39, 0.29) is 30.6 Å². The molecule has 4 aromatic rings. The van der Waals surface area contributed by atoms with Crippen molar-refractivity contribution in [3.8, 4) is 11.5 Å². The third-order valence-electron chi connectivity index (χ3n) is 5.05. The molecule has 12 heteroatoms. The molecule has 2 amide bonds. The minimum absolute atomic E-state index is 0.121. The van der Waals surface area contributed by atoms with Crippen LogP contribution in [0.1, 0.15) is 18.4 Å². The molecule has 0 aliphatic heterocycles. The molecule has 2 aromatic heterocycles. The zero-order chi connectivity index (χ0) is 26.0. The lowest BCUT2D eigenvalue weighted by molar-refractivity contribution is -0.115. The third kappa shape index (κ3) is 7.54. The number of nitrogens with one attached hydrogen (secondary N) is 2. The zero-order valence-electron chi connectivity index (χ0n) is 20.3. The number of carbonyl (C=O) groups excluding carboxylic acids is 2. The number of methoxy groups -OCH3 is 1. The number of nitrogens with zero attached hydrogens (tertiary/aromatic N) is 4. The lowest BCUT2D eigenvalue weighted by atomic mass is 10.3. The highest BCUT2D eigenvalue weighted by atomic mass is 32.2. The molecular formula is C25H26N6O4S2. The molecule has 0 fully saturated rings. The number of amides is 2. The molecule has 0 radical (unpaired) electrons. The number of hydrogen-bond acceptors (Lipinski definition) is 9. The summed E-state index contributed by atoms with van der Waals surface area (Å²) in [5.74, 6) is 1.78. The van der Waals surface area contributed by atoms with Gasteiger partial charge in [0, 0.05) is 23.7 Å². The largest absolute Gasteiger partial charge is 0.497 e. The highest BCUT2D eigenvalue weighted by molar-refractivity contribution is 7.99. The number of rotatable bonds is 12. The Morgan fingerprint density at radius 1 is 1.03 bits per heavy atom. The predicted octanol–water partition coefficient (Wildman–Crippen LogP) is 4.25. The molecule has 0 atom stereocenters. The summed E-state index contributed by atoms with van der Waals surface area (Å²) in [6.45, 7) is 2.85. The predicted molar refractivity (Wildman–Crippen MR) is 143 cm³/mol. The van der Waals surface area contributed by atoms with Crippen molar-refractivity contribution in [2.45, 2.75) is 31.7 Å². The second-order valence-electron chi connectivity index (χ2n) is 7.68. The van der Waals surface area contributed by atoms with E-state index < -0.39 is 0 Å². The molecule has 0 unspecified atom stereocenters. The number of para-hydroxylation sites is 1. The van der Waals surface area contributed by atoms with Gasteiger partial charge in [-0.25, -0.2) is 4.98 Å².